The molecule has 1 saturated heterocycles. The molecule has 1 aliphatic rings. The van der Waals surface area contributed by atoms with Gasteiger partial charge in [0, 0.05) is 31.1 Å². The van der Waals surface area contributed by atoms with Gasteiger partial charge in [0.25, 0.3) is 0 Å². The van der Waals surface area contributed by atoms with Gasteiger partial charge in [-0.2, -0.15) is 0 Å². The minimum atomic E-state index is -3.50. The lowest BCUT2D eigenvalue weighted by molar-refractivity contribution is 0.0902. The van der Waals surface area contributed by atoms with Crippen LogP contribution in [-0.4, -0.2) is 38.7 Å². The third kappa shape index (κ3) is 4.54. The van der Waals surface area contributed by atoms with Crippen LogP contribution >= 0.6 is 0 Å². The maximum Gasteiger partial charge on any atom is 0.242 e. The van der Waals surface area contributed by atoms with Crippen molar-refractivity contribution in [3.8, 4) is 0 Å². The molecule has 1 fully saturated rings. The molecule has 0 bridgehead atoms. The number of hydrogen-bond donors (Lipinski definition) is 3. The Bertz CT molecular complexity index is 535. The third-order valence-corrected chi connectivity index (χ3v) is 5.17. The van der Waals surface area contributed by atoms with E-state index < -0.39 is 10.0 Å². The maximum absolute atomic E-state index is 12.3. The lowest BCUT2D eigenvalue weighted by atomic mass is 10.1. The molecular weight excluding hydrogens is 290 g/mol. The molecule has 21 heavy (non-hydrogen) atoms. The Morgan fingerprint density at radius 2 is 2.33 bits per heavy atom. The van der Waals surface area contributed by atoms with Gasteiger partial charge in [0.15, 0.2) is 0 Å². The first-order valence-electron chi connectivity index (χ1n) is 7.55. The Morgan fingerprint density at radius 3 is 3.00 bits per heavy atom. The fraction of sp³-hybridized carbons (Fsp3) is 0.714. The molecule has 7 heteroatoms. The van der Waals surface area contributed by atoms with Crippen LogP contribution in [0, 0.1) is 0 Å². The van der Waals surface area contributed by atoms with Gasteiger partial charge in [-0.15, -0.1) is 0 Å². The number of rotatable bonds is 8. The van der Waals surface area contributed by atoms with E-state index in [4.69, 9.17) is 4.74 Å². The van der Waals surface area contributed by atoms with E-state index in [1.807, 2.05) is 6.92 Å². The molecule has 0 radical (unpaired) electrons. The molecule has 2 heterocycles. The van der Waals surface area contributed by atoms with E-state index >= 15 is 0 Å². The van der Waals surface area contributed by atoms with Gasteiger partial charge in [-0.1, -0.05) is 6.92 Å². The Kier molecular flexibility index (Phi) is 5.80. The summed E-state index contributed by atoms with van der Waals surface area (Å²) in [7, 11) is -3.50. The summed E-state index contributed by atoms with van der Waals surface area (Å²) in [5.41, 5.74) is 0.869. The molecule has 0 amide bonds. The third-order valence-electron chi connectivity index (χ3n) is 3.63. The molecule has 1 aromatic heterocycles. The molecule has 0 aliphatic carbocycles. The molecule has 2 atom stereocenters. The Balaban J connectivity index is 1.95. The summed E-state index contributed by atoms with van der Waals surface area (Å²) < 4.78 is 32.9. The van der Waals surface area contributed by atoms with Crippen LogP contribution in [0.15, 0.2) is 17.2 Å². The van der Waals surface area contributed by atoms with E-state index in [-0.39, 0.29) is 17.0 Å². The monoisotopic (exact) mass is 315 g/mol. The molecule has 1 aromatic rings. The predicted molar refractivity (Wildman–Crippen MR) is 81.5 cm³/mol. The van der Waals surface area contributed by atoms with Gasteiger partial charge in [0.2, 0.25) is 10.0 Å². The van der Waals surface area contributed by atoms with Crippen LogP contribution < -0.4 is 10.0 Å². The second-order valence-corrected chi connectivity index (χ2v) is 7.21. The summed E-state index contributed by atoms with van der Waals surface area (Å²) in [6.07, 6.45) is 4.46. The quantitative estimate of drug-likeness (QED) is 0.633. The zero-order valence-corrected chi connectivity index (χ0v) is 13.5. The second kappa shape index (κ2) is 7.40. The molecule has 0 aromatic carbocycles. The minimum Gasteiger partial charge on any atom is -0.377 e. The highest BCUT2D eigenvalue weighted by Gasteiger charge is 2.27. The number of aromatic amines is 1. The predicted octanol–water partition coefficient (Wildman–Crippen LogP) is 1.36. The van der Waals surface area contributed by atoms with Crippen molar-refractivity contribution in [3.63, 3.8) is 0 Å². The first-order chi connectivity index (χ1) is 10.0. The van der Waals surface area contributed by atoms with Crippen molar-refractivity contribution in [1.82, 2.24) is 15.0 Å². The zero-order chi connectivity index (χ0) is 15.3. The molecule has 3 N–H and O–H groups in total. The summed E-state index contributed by atoms with van der Waals surface area (Å²) in [4.78, 5) is 3.28. The largest absolute Gasteiger partial charge is 0.377 e. The molecule has 2 rings (SSSR count). The van der Waals surface area contributed by atoms with Crippen LogP contribution in [-0.2, 0) is 21.3 Å². The molecule has 0 saturated carbocycles. The van der Waals surface area contributed by atoms with Crippen LogP contribution in [0.3, 0.4) is 0 Å². The van der Waals surface area contributed by atoms with Gasteiger partial charge in [-0.3, -0.25) is 0 Å². The van der Waals surface area contributed by atoms with Crippen molar-refractivity contribution >= 4 is 10.0 Å². The Morgan fingerprint density at radius 1 is 1.52 bits per heavy atom. The van der Waals surface area contributed by atoms with Crippen molar-refractivity contribution in [2.75, 3.05) is 13.2 Å². The topological polar surface area (TPSA) is 83.2 Å². The number of nitrogens with one attached hydrogen (secondary N) is 3. The Labute approximate surface area is 126 Å². The van der Waals surface area contributed by atoms with Crippen LogP contribution in [0.5, 0.6) is 0 Å². The van der Waals surface area contributed by atoms with E-state index in [1.165, 1.54) is 6.20 Å². The van der Waals surface area contributed by atoms with Gasteiger partial charge in [0.05, 0.1) is 11.0 Å². The zero-order valence-electron chi connectivity index (χ0n) is 12.7. The van der Waals surface area contributed by atoms with Crippen molar-refractivity contribution in [2.45, 2.75) is 56.7 Å². The number of sulfonamides is 1. The SMILES string of the molecule is CCCNCc1cc(S(=O)(=O)NC(C)C2CCCO2)c[nH]1. The smallest absolute Gasteiger partial charge is 0.242 e. The van der Waals surface area contributed by atoms with E-state index in [2.05, 4.69) is 21.9 Å². The number of ether oxygens (including phenoxy) is 1. The molecule has 6 nitrogen and oxygen atoms in total. The highest BCUT2D eigenvalue weighted by Crippen LogP contribution is 2.18. The van der Waals surface area contributed by atoms with Crippen LogP contribution in [0.1, 0.15) is 38.8 Å². The van der Waals surface area contributed by atoms with Crippen LogP contribution in [0.4, 0.5) is 0 Å². The maximum atomic E-state index is 12.3. The van der Waals surface area contributed by atoms with E-state index in [9.17, 15) is 8.42 Å². The average molecular weight is 315 g/mol. The van der Waals surface area contributed by atoms with Crippen LogP contribution in [0.2, 0.25) is 0 Å². The van der Waals surface area contributed by atoms with Crippen molar-refractivity contribution in [1.29, 1.82) is 0 Å². The number of hydrogen-bond acceptors (Lipinski definition) is 4. The van der Waals surface area contributed by atoms with Gasteiger partial charge < -0.3 is 15.0 Å². The molecule has 120 valence electrons. The fourth-order valence-electron chi connectivity index (χ4n) is 2.46. The molecule has 2 unspecified atom stereocenters. The summed E-state index contributed by atoms with van der Waals surface area (Å²) in [5, 5.41) is 3.24. The number of H-pyrrole nitrogens is 1. The standard InChI is InChI=1S/C14H25N3O3S/c1-3-6-15-9-12-8-13(10-16-12)21(18,19)17-11(2)14-5-4-7-20-14/h8,10-11,14-17H,3-7,9H2,1-2H3. The lowest BCUT2D eigenvalue weighted by Gasteiger charge is -2.19. The Hall–Kier alpha value is -0.890. The normalized spacial score (nSPS) is 20.8. The van der Waals surface area contributed by atoms with Crippen molar-refractivity contribution in [2.24, 2.45) is 0 Å². The molecular formula is C14H25N3O3S. The van der Waals surface area contributed by atoms with Gasteiger partial charge >= 0.3 is 0 Å². The van der Waals surface area contributed by atoms with Gasteiger partial charge in [0.1, 0.15) is 0 Å². The summed E-state index contributed by atoms with van der Waals surface area (Å²) in [6, 6.07) is 1.46. The first-order valence-corrected chi connectivity index (χ1v) is 9.03. The van der Waals surface area contributed by atoms with Gasteiger partial charge in [-0.05, 0) is 38.8 Å². The van der Waals surface area contributed by atoms with Crippen molar-refractivity contribution < 1.29 is 13.2 Å². The van der Waals surface area contributed by atoms with E-state index in [0.29, 0.717) is 13.2 Å². The molecule has 0 spiro atoms. The summed E-state index contributed by atoms with van der Waals surface area (Å²) in [6.45, 7) is 6.21. The van der Waals surface area contributed by atoms with Crippen molar-refractivity contribution in [3.05, 3.63) is 18.0 Å². The van der Waals surface area contributed by atoms with Gasteiger partial charge in [-0.25, -0.2) is 13.1 Å². The van der Waals surface area contributed by atoms with E-state index in [1.54, 1.807) is 6.07 Å². The lowest BCUT2D eigenvalue weighted by Crippen LogP contribution is -2.40. The average Bonchev–Trinajstić information content (AvgIpc) is 3.10. The minimum absolute atomic E-state index is 0.0237. The first kappa shape index (κ1) is 16.5. The summed E-state index contributed by atoms with van der Waals surface area (Å²) >= 11 is 0. The second-order valence-electron chi connectivity index (χ2n) is 5.50. The highest BCUT2D eigenvalue weighted by atomic mass is 32.2. The summed E-state index contributed by atoms with van der Waals surface area (Å²) in [5.74, 6) is 0. The molecule has 1 aliphatic heterocycles. The number of aromatic nitrogens is 1. The van der Waals surface area contributed by atoms with E-state index in [0.717, 1.165) is 31.5 Å². The highest BCUT2D eigenvalue weighted by molar-refractivity contribution is 7.89. The fourth-order valence-corrected chi connectivity index (χ4v) is 3.75. The van der Waals surface area contributed by atoms with Crippen LogP contribution in [0.25, 0.3) is 0 Å².